The predicted molar refractivity (Wildman–Crippen MR) is 76.6 cm³/mol. The third kappa shape index (κ3) is 2.66. The molecule has 1 atom stereocenters. The van der Waals surface area contributed by atoms with E-state index >= 15 is 0 Å². The molecular formula is C14H13Cl2NO. The van der Waals surface area contributed by atoms with Crippen LogP contribution in [0.5, 0.6) is 0 Å². The fraction of sp³-hybridized carbons (Fsp3) is 0.214. The van der Waals surface area contributed by atoms with Crippen LogP contribution in [0.2, 0.25) is 10.0 Å². The number of hydrogen-bond donors (Lipinski definition) is 1. The number of benzene rings is 1. The molecule has 0 fully saturated rings. The Hall–Kier alpha value is -1.09. The molecule has 0 bridgehead atoms. The first-order valence-corrected chi connectivity index (χ1v) is 6.39. The van der Waals surface area contributed by atoms with Gasteiger partial charge in [0, 0.05) is 19.0 Å². The molecule has 94 valence electrons. The highest BCUT2D eigenvalue weighted by Gasteiger charge is 2.27. The normalized spacial score (nSPS) is 22.2. The van der Waals surface area contributed by atoms with Gasteiger partial charge in [-0.3, -0.25) is 4.99 Å². The van der Waals surface area contributed by atoms with E-state index in [-0.39, 0.29) is 6.61 Å². The second kappa shape index (κ2) is 5.70. The first kappa shape index (κ1) is 13.3. The van der Waals surface area contributed by atoms with Gasteiger partial charge in [0.2, 0.25) is 0 Å². The molecule has 0 spiro atoms. The summed E-state index contributed by atoms with van der Waals surface area (Å²) in [5, 5.41) is 10.3. The van der Waals surface area contributed by atoms with Gasteiger partial charge in [0.25, 0.3) is 0 Å². The van der Waals surface area contributed by atoms with Gasteiger partial charge >= 0.3 is 0 Å². The van der Waals surface area contributed by atoms with Gasteiger partial charge in [-0.25, -0.2) is 0 Å². The van der Waals surface area contributed by atoms with Gasteiger partial charge < -0.3 is 5.11 Å². The van der Waals surface area contributed by atoms with Crippen LogP contribution in [-0.2, 0) is 5.41 Å². The van der Waals surface area contributed by atoms with Crippen LogP contribution in [0.3, 0.4) is 0 Å². The molecule has 0 aromatic heterocycles. The van der Waals surface area contributed by atoms with Crippen LogP contribution in [0.4, 0.5) is 0 Å². The summed E-state index contributed by atoms with van der Waals surface area (Å²) < 4.78 is 0. The number of aliphatic hydroxyl groups is 1. The molecule has 0 saturated heterocycles. The summed E-state index contributed by atoms with van der Waals surface area (Å²) in [4.78, 5) is 4.22. The molecule has 0 aliphatic carbocycles. The Morgan fingerprint density at radius 2 is 2.00 bits per heavy atom. The monoisotopic (exact) mass is 281 g/mol. The Morgan fingerprint density at radius 1 is 1.17 bits per heavy atom. The Morgan fingerprint density at radius 3 is 2.72 bits per heavy atom. The summed E-state index contributed by atoms with van der Waals surface area (Å²) in [7, 11) is 0. The van der Waals surface area contributed by atoms with Crippen molar-refractivity contribution in [2.45, 2.75) is 11.8 Å². The molecule has 1 aliphatic heterocycles. The van der Waals surface area contributed by atoms with Crippen molar-refractivity contribution in [2.75, 3.05) is 6.61 Å². The van der Waals surface area contributed by atoms with Crippen molar-refractivity contribution in [3.63, 3.8) is 0 Å². The minimum Gasteiger partial charge on any atom is -0.396 e. The van der Waals surface area contributed by atoms with Gasteiger partial charge in [0.1, 0.15) is 0 Å². The number of halogens is 2. The van der Waals surface area contributed by atoms with Crippen LogP contribution in [-0.4, -0.2) is 17.9 Å². The van der Waals surface area contributed by atoms with Crippen LogP contribution in [0, 0.1) is 0 Å². The van der Waals surface area contributed by atoms with Crippen LogP contribution >= 0.6 is 23.2 Å². The molecule has 1 aromatic carbocycles. The minimum absolute atomic E-state index is 0.0661. The largest absolute Gasteiger partial charge is 0.396 e. The summed E-state index contributed by atoms with van der Waals surface area (Å²) in [6, 6.07) is 5.49. The summed E-state index contributed by atoms with van der Waals surface area (Å²) in [5.41, 5.74) is 0.529. The molecule has 1 aromatic rings. The van der Waals surface area contributed by atoms with Gasteiger partial charge in [0.15, 0.2) is 0 Å². The van der Waals surface area contributed by atoms with E-state index in [1.165, 1.54) is 0 Å². The molecule has 0 amide bonds. The molecule has 4 heteroatoms. The Bertz CT molecular complexity index is 505. The smallest absolute Gasteiger partial charge is 0.0595 e. The van der Waals surface area contributed by atoms with Crippen molar-refractivity contribution in [1.82, 2.24) is 0 Å². The van der Waals surface area contributed by atoms with Gasteiger partial charge in [-0.1, -0.05) is 41.4 Å². The number of aliphatic imine (C=N–C) groups is 1. The fourth-order valence-electron chi connectivity index (χ4n) is 1.98. The van der Waals surface area contributed by atoms with Crippen LogP contribution in [0.25, 0.3) is 0 Å². The third-order valence-corrected chi connectivity index (χ3v) is 3.70. The first-order chi connectivity index (χ1) is 8.68. The fourth-order valence-corrected chi connectivity index (χ4v) is 2.28. The SMILES string of the molecule is OCCC1(c2ccc(Cl)c(Cl)c2)C=CC=CN=C1. The lowest BCUT2D eigenvalue weighted by Gasteiger charge is -2.26. The lowest BCUT2D eigenvalue weighted by Crippen LogP contribution is -2.26. The molecule has 1 heterocycles. The van der Waals surface area contributed by atoms with E-state index in [1.807, 2.05) is 36.6 Å². The van der Waals surface area contributed by atoms with Gasteiger partial charge in [-0.2, -0.15) is 0 Å². The maximum Gasteiger partial charge on any atom is 0.0595 e. The molecule has 1 unspecified atom stereocenters. The van der Waals surface area contributed by atoms with Crippen molar-refractivity contribution in [1.29, 1.82) is 0 Å². The van der Waals surface area contributed by atoms with Crippen molar-refractivity contribution in [3.05, 3.63) is 58.2 Å². The molecule has 0 saturated carbocycles. The number of rotatable bonds is 3. The zero-order chi connectivity index (χ0) is 13.0. The van der Waals surface area contributed by atoms with Crippen LogP contribution in [0.15, 0.2) is 47.6 Å². The molecule has 2 rings (SSSR count). The second-order valence-electron chi connectivity index (χ2n) is 4.12. The Balaban J connectivity index is 2.49. The van der Waals surface area contributed by atoms with E-state index < -0.39 is 5.41 Å². The minimum atomic E-state index is -0.438. The van der Waals surface area contributed by atoms with E-state index in [1.54, 1.807) is 12.3 Å². The van der Waals surface area contributed by atoms with E-state index in [4.69, 9.17) is 23.2 Å². The zero-order valence-corrected chi connectivity index (χ0v) is 11.2. The highest BCUT2D eigenvalue weighted by molar-refractivity contribution is 6.42. The Labute approximate surface area is 116 Å². The molecule has 0 radical (unpaired) electrons. The van der Waals surface area contributed by atoms with E-state index in [2.05, 4.69) is 4.99 Å². The van der Waals surface area contributed by atoms with Gasteiger partial charge in [-0.15, -0.1) is 0 Å². The summed E-state index contributed by atoms with van der Waals surface area (Å²) in [6.07, 6.45) is 9.87. The van der Waals surface area contributed by atoms with Crippen molar-refractivity contribution < 1.29 is 5.11 Å². The maximum atomic E-state index is 9.29. The average molecular weight is 282 g/mol. The maximum absolute atomic E-state index is 9.29. The zero-order valence-electron chi connectivity index (χ0n) is 9.68. The average Bonchev–Trinajstić information content (AvgIpc) is 2.60. The van der Waals surface area contributed by atoms with E-state index in [9.17, 15) is 5.11 Å². The number of nitrogens with zero attached hydrogens (tertiary/aromatic N) is 1. The standard InChI is InChI=1S/C14H13Cl2NO/c15-12-4-3-11(9-13(12)16)14(6-8-18)5-1-2-7-17-10-14/h1-5,7,9-10,18H,6,8H2. The number of allylic oxidation sites excluding steroid dienone is 3. The highest BCUT2D eigenvalue weighted by atomic mass is 35.5. The molecule has 18 heavy (non-hydrogen) atoms. The summed E-state index contributed by atoms with van der Waals surface area (Å²) in [6.45, 7) is 0.0661. The van der Waals surface area contributed by atoms with Crippen LogP contribution in [0.1, 0.15) is 12.0 Å². The lowest BCUT2D eigenvalue weighted by molar-refractivity contribution is 0.274. The highest BCUT2D eigenvalue weighted by Crippen LogP contribution is 2.33. The lowest BCUT2D eigenvalue weighted by atomic mass is 9.78. The van der Waals surface area contributed by atoms with Crippen LogP contribution < -0.4 is 0 Å². The third-order valence-electron chi connectivity index (χ3n) is 2.96. The van der Waals surface area contributed by atoms with Crippen molar-refractivity contribution in [2.24, 2.45) is 4.99 Å². The number of hydrogen-bond acceptors (Lipinski definition) is 2. The van der Waals surface area contributed by atoms with Gasteiger partial charge in [-0.05, 0) is 30.2 Å². The Kier molecular flexibility index (Phi) is 4.23. The van der Waals surface area contributed by atoms with E-state index in [0.717, 1.165) is 5.56 Å². The predicted octanol–water partition coefficient (Wildman–Crippen LogP) is 3.77. The molecular weight excluding hydrogens is 269 g/mol. The first-order valence-electron chi connectivity index (χ1n) is 5.63. The van der Waals surface area contributed by atoms with Crippen molar-refractivity contribution >= 4 is 29.4 Å². The molecule has 1 N–H and O–H groups in total. The summed E-state index contributed by atoms with van der Waals surface area (Å²) >= 11 is 12.0. The number of aliphatic hydroxyl groups excluding tert-OH is 1. The van der Waals surface area contributed by atoms with E-state index in [0.29, 0.717) is 16.5 Å². The van der Waals surface area contributed by atoms with Gasteiger partial charge in [0.05, 0.1) is 15.5 Å². The molecule has 1 aliphatic rings. The van der Waals surface area contributed by atoms with Crippen molar-refractivity contribution in [3.8, 4) is 0 Å². The topological polar surface area (TPSA) is 32.6 Å². The summed E-state index contributed by atoms with van der Waals surface area (Å²) in [5.74, 6) is 0. The quantitative estimate of drug-likeness (QED) is 0.899. The second-order valence-corrected chi connectivity index (χ2v) is 4.94. The molecule has 2 nitrogen and oxygen atoms in total.